The smallest absolute Gasteiger partial charge is 0.261 e. The van der Waals surface area contributed by atoms with Crippen molar-refractivity contribution in [2.45, 2.75) is 19.4 Å². The highest BCUT2D eigenvalue weighted by molar-refractivity contribution is 7.16. The van der Waals surface area contributed by atoms with Crippen molar-refractivity contribution in [2.75, 3.05) is 26.1 Å². The third kappa shape index (κ3) is 2.36. The summed E-state index contributed by atoms with van der Waals surface area (Å²) in [5, 5.41) is 4.67. The molecule has 0 saturated carbocycles. The van der Waals surface area contributed by atoms with Gasteiger partial charge in [0.25, 0.3) is 5.89 Å². The summed E-state index contributed by atoms with van der Waals surface area (Å²) in [7, 11) is 1.65. The van der Waals surface area contributed by atoms with E-state index < -0.39 is 0 Å². The molecule has 0 atom stereocenters. The summed E-state index contributed by atoms with van der Waals surface area (Å²) in [6.45, 7) is 1.90. The summed E-state index contributed by atoms with van der Waals surface area (Å²) in [5.41, 5.74) is 8.15. The minimum absolute atomic E-state index is 0.503. The molecule has 1 aliphatic rings. The van der Waals surface area contributed by atoms with E-state index in [9.17, 15) is 0 Å². The highest BCUT2D eigenvalue weighted by atomic mass is 32.1. The van der Waals surface area contributed by atoms with Crippen LogP contribution in [0.3, 0.4) is 0 Å². The summed E-state index contributed by atoms with van der Waals surface area (Å²) >= 11 is 1.54. The molecule has 0 spiro atoms. The maximum Gasteiger partial charge on any atom is 0.261 e. The van der Waals surface area contributed by atoms with Crippen molar-refractivity contribution in [3.63, 3.8) is 0 Å². The van der Waals surface area contributed by atoms with Crippen molar-refractivity contribution in [3.05, 3.63) is 16.3 Å². The largest absolute Gasteiger partial charge is 0.390 e. The number of nitrogens with two attached hydrogens (primary N) is 1. The Balaban J connectivity index is 1.93. The summed E-state index contributed by atoms with van der Waals surface area (Å²) in [6, 6.07) is 0. The van der Waals surface area contributed by atoms with Gasteiger partial charge in [0.2, 0.25) is 0 Å². The molecule has 0 aliphatic carbocycles. The lowest BCUT2D eigenvalue weighted by atomic mass is 10.1. The Kier molecular flexibility index (Phi) is 3.50. The number of methoxy groups -OCH3 is 1. The molecule has 2 aromatic heterocycles. The molecule has 3 heterocycles. The van der Waals surface area contributed by atoms with E-state index in [1.807, 2.05) is 0 Å². The van der Waals surface area contributed by atoms with E-state index in [0.717, 1.165) is 21.9 Å². The Labute approximate surface area is 114 Å². The van der Waals surface area contributed by atoms with Gasteiger partial charge in [-0.25, -0.2) is 0 Å². The fraction of sp³-hybridized carbons (Fsp3) is 0.500. The van der Waals surface area contributed by atoms with Crippen molar-refractivity contribution in [1.82, 2.24) is 10.1 Å². The van der Waals surface area contributed by atoms with Gasteiger partial charge in [0.15, 0.2) is 5.82 Å². The molecule has 0 unspecified atom stereocenters. The molecule has 0 amide bonds. The van der Waals surface area contributed by atoms with E-state index >= 15 is 0 Å². The number of nitrogens with zero attached hydrogens (tertiary/aromatic N) is 2. The standard InChI is InChI=1S/C12H15N3O3S/c1-16-4-3-9-14-12(18-15-9)10-7-2-5-17-6-8(7)19-11(10)13/h2-6,13H2,1H3. The molecule has 2 N–H and O–H groups in total. The molecule has 0 saturated heterocycles. The van der Waals surface area contributed by atoms with Crippen molar-refractivity contribution in [1.29, 1.82) is 0 Å². The molecule has 3 rings (SSSR count). The lowest BCUT2D eigenvalue weighted by Crippen LogP contribution is -2.07. The van der Waals surface area contributed by atoms with Gasteiger partial charge in [0, 0.05) is 18.4 Å². The number of thiophene rings is 1. The van der Waals surface area contributed by atoms with Crippen LogP contribution in [0.25, 0.3) is 11.5 Å². The lowest BCUT2D eigenvalue weighted by molar-refractivity contribution is 0.113. The summed E-state index contributed by atoms with van der Waals surface area (Å²) in [6.07, 6.45) is 1.48. The second kappa shape index (κ2) is 5.28. The van der Waals surface area contributed by atoms with Gasteiger partial charge in [0.1, 0.15) is 0 Å². The Hall–Kier alpha value is -1.44. The summed E-state index contributed by atoms with van der Waals surface area (Å²) < 4.78 is 15.8. The first kappa shape index (κ1) is 12.6. The molecular formula is C12H15N3O3S. The normalized spacial score (nSPS) is 14.6. The zero-order valence-corrected chi connectivity index (χ0v) is 11.5. The maximum absolute atomic E-state index is 6.07. The Bertz CT molecular complexity index is 579. The van der Waals surface area contributed by atoms with Crippen LogP contribution in [0.15, 0.2) is 4.52 Å². The number of rotatable bonds is 4. The van der Waals surface area contributed by atoms with Gasteiger partial charge in [-0.2, -0.15) is 4.98 Å². The van der Waals surface area contributed by atoms with Crippen LogP contribution >= 0.6 is 11.3 Å². The Morgan fingerprint density at radius 3 is 3.21 bits per heavy atom. The first-order valence-corrected chi connectivity index (χ1v) is 6.91. The number of hydrogen-bond donors (Lipinski definition) is 1. The highest BCUT2D eigenvalue weighted by Crippen LogP contribution is 2.40. The van der Waals surface area contributed by atoms with Gasteiger partial charge < -0.3 is 19.7 Å². The van der Waals surface area contributed by atoms with E-state index in [4.69, 9.17) is 19.7 Å². The van der Waals surface area contributed by atoms with Crippen LogP contribution in [0.4, 0.5) is 5.00 Å². The predicted octanol–water partition coefficient (Wildman–Crippen LogP) is 1.64. The molecule has 102 valence electrons. The van der Waals surface area contributed by atoms with Gasteiger partial charge >= 0.3 is 0 Å². The second-order valence-electron chi connectivity index (χ2n) is 4.30. The third-order valence-corrected chi connectivity index (χ3v) is 4.09. The predicted molar refractivity (Wildman–Crippen MR) is 71.0 cm³/mol. The van der Waals surface area contributed by atoms with E-state index in [-0.39, 0.29) is 0 Å². The Morgan fingerprint density at radius 1 is 1.47 bits per heavy atom. The number of anilines is 1. The minimum atomic E-state index is 0.503. The van der Waals surface area contributed by atoms with Gasteiger partial charge in [-0.1, -0.05) is 5.16 Å². The molecule has 2 aromatic rings. The van der Waals surface area contributed by atoms with Crippen molar-refractivity contribution in [2.24, 2.45) is 0 Å². The fourth-order valence-corrected chi connectivity index (χ4v) is 3.19. The molecular weight excluding hydrogens is 266 g/mol. The van der Waals surface area contributed by atoms with Crippen molar-refractivity contribution in [3.8, 4) is 11.5 Å². The fourth-order valence-electron chi connectivity index (χ4n) is 2.14. The molecule has 6 nitrogen and oxygen atoms in total. The monoisotopic (exact) mass is 281 g/mol. The van der Waals surface area contributed by atoms with E-state index in [1.54, 1.807) is 7.11 Å². The molecule has 0 bridgehead atoms. The van der Waals surface area contributed by atoms with Crippen LogP contribution in [0, 0.1) is 0 Å². The average molecular weight is 281 g/mol. The van der Waals surface area contributed by atoms with Gasteiger partial charge in [-0.3, -0.25) is 0 Å². The topological polar surface area (TPSA) is 83.4 Å². The lowest BCUT2D eigenvalue weighted by Gasteiger charge is -2.12. The van der Waals surface area contributed by atoms with Crippen molar-refractivity contribution < 1.29 is 14.0 Å². The minimum Gasteiger partial charge on any atom is -0.390 e. The molecule has 1 aliphatic heterocycles. The average Bonchev–Trinajstić information content (AvgIpc) is 2.99. The summed E-state index contributed by atoms with van der Waals surface area (Å²) in [4.78, 5) is 5.55. The first-order valence-electron chi connectivity index (χ1n) is 6.09. The number of hydrogen-bond acceptors (Lipinski definition) is 7. The second-order valence-corrected chi connectivity index (χ2v) is 5.44. The van der Waals surface area contributed by atoms with E-state index in [1.165, 1.54) is 16.9 Å². The Morgan fingerprint density at radius 2 is 2.37 bits per heavy atom. The van der Waals surface area contributed by atoms with Crippen LogP contribution in [0.5, 0.6) is 0 Å². The number of nitrogen functional groups attached to an aromatic ring is 1. The SMILES string of the molecule is COCCc1noc(-c2c(N)sc3c2CCOC3)n1. The van der Waals surface area contributed by atoms with E-state index in [2.05, 4.69) is 10.1 Å². The highest BCUT2D eigenvalue weighted by Gasteiger charge is 2.24. The molecule has 0 fully saturated rings. The zero-order valence-electron chi connectivity index (χ0n) is 10.6. The van der Waals surface area contributed by atoms with Crippen molar-refractivity contribution >= 4 is 16.3 Å². The maximum atomic E-state index is 6.07. The molecule has 0 aromatic carbocycles. The quantitative estimate of drug-likeness (QED) is 0.917. The van der Waals surface area contributed by atoms with Gasteiger partial charge in [0.05, 0.1) is 30.4 Å². The summed E-state index contributed by atoms with van der Waals surface area (Å²) in [5.74, 6) is 1.14. The van der Waals surface area contributed by atoms with Gasteiger partial charge in [-0.15, -0.1) is 11.3 Å². The first-order chi connectivity index (χ1) is 9.29. The van der Waals surface area contributed by atoms with Crippen LogP contribution in [-0.4, -0.2) is 30.5 Å². The van der Waals surface area contributed by atoms with Gasteiger partial charge in [-0.05, 0) is 12.0 Å². The zero-order chi connectivity index (χ0) is 13.2. The van der Waals surface area contributed by atoms with Crippen LogP contribution in [0.2, 0.25) is 0 Å². The molecule has 19 heavy (non-hydrogen) atoms. The van der Waals surface area contributed by atoms with Crippen LogP contribution in [0.1, 0.15) is 16.3 Å². The third-order valence-electron chi connectivity index (χ3n) is 3.06. The van der Waals surface area contributed by atoms with Crippen LogP contribution in [-0.2, 0) is 28.9 Å². The number of fused-ring (bicyclic) bond motifs is 1. The molecule has 0 radical (unpaired) electrons. The van der Waals surface area contributed by atoms with E-state index in [0.29, 0.717) is 38.0 Å². The molecule has 7 heteroatoms. The number of aromatic nitrogens is 2. The number of ether oxygens (including phenoxy) is 2. The van der Waals surface area contributed by atoms with Crippen LogP contribution < -0.4 is 5.73 Å².